The van der Waals surface area contributed by atoms with Crippen LogP contribution in [0.25, 0.3) is 0 Å². The predicted octanol–water partition coefficient (Wildman–Crippen LogP) is 3.84. The monoisotopic (exact) mass is 214 g/mol. The molecule has 0 aromatic heterocycles. The van der Waals surface area contributed by atoms with Crippen molar-refractivity contribution in [3.63, 3.8) is 0 Å². The molecular weight excluding hydrogens is 200 g/mol. The van der Waals surface area contributed by atoms with Crippen LogP contribution in [0.3, 0.4) is 0 Å². The summed E-state index contributed by atoms with van der Waals surface area (Å²) in [5, 5.41) is 0. The Labute approximate surface area is 95.1 Å². The molecule has 1 aromatic rings. The molecule has 2 unspecified atom stereocenters. The van der Waals surface area contributed by atoms with Crippen molar-refractivity contribution in [3.8, 4) is 0 Å². The van der Waals surface area contributed by atoms with Gasteiger partial charge < -0.3 is 0 Å². The molecule has 2 atom stereocenters. The van der Waals surface area contributed by atoms with Crippen LogP contribution in [0.4, 0.5) is 0 Å². The summed E-state index contributed by atoms with van der Waals surface area (Å²) in [6.07, 6.45) is 10.2. The highest BCUT2D eigenvalue weighted by Crippen LogP contribution is 2.48. The van der Waals surface area contributed by atoms with Gasteiger partial charge in [0.2, 0.25) is 0 Å². The van der Waals surface area contributed by atoms with Crippen LogP contribution < -0.4 is 0 Å². The van der Waals surface area contributed by atoms with Crippen LogP contribution in [-0.4, -0.2) is 4.75 Å². The van der Waals surface area contributed by atoms with Gasteiger partial charge in [0.25, 0.3) is 0 Å². The number of fused-ring (bicyclic) bond motifs is 2. The molecule has 1 aliphatic heterocycles. The van der Waals surface area contributed by atoms with Crippen molar-refractivity contribution in [2.24, 2.45) is 5.92 Å². The first-order valence-corrected chi connectivity index (χ1v) is 6.22. The Balaban J connectivity index is 2.06. The molecule has 0 radical (unpaired) electrons. The van der Waals surface area contributed by atoms with Crippen LogP contribution >= 0.6 is 11.8 Å². The molecule has 1 heteroatoms. The van der Waals surface area contributed by atoms with Crippen LogP contribution in [0.2, 0.25) is 0 Å². The first-order chi connectivity index (χ1) is 7.28. The summed E-state index contributed by atoms with van der Waals surface area (Å²) in [6, 6.07) is 8.78. The van der Waals surface area contributed by atoms with Gasteiger partial charge in [-0.05, 0) is 30.9 Å². The largest absolute Gasteiger partial charge is 0.114 e. The van der Waals surface area contributed by atoms with Gasteiger partial charge in [0.15, 0.2) is 0 Å². The quantitative estimate of drug-likeness (QED) is 0.632. The molecule has 0 bridgehead atoms. The van der Waals surface area contributed by atoms with Gasteiger partial charge in [-0.3, -0.25) is 0 Å². The summed E-state index contributed by atoms with van der Waals surface area (Å²) in [5.41, 5.74) is 1.50. The zero-order valence-corrected chi connectivity index (χ0v) is 9.63. The number of benzene rings is 1. The Bertz CT molecular complexity index is 444. The maximum atomic E-state index is 2.35. The van der Waals surface area contributed by atoms with E-state index >= 15 is 0 Å². The van der Waals surface area contributed by atoms with Crippen molar-refractivity contribution >= 4 is 11.8 Å². The van der Waals surface area contributed by atoms with Crippen molar-refractivity contribution in [1.29, 1.82) is 0 Å². The smallest absolute Gasteiger partial charge is 0.0426 e. The highest BCUT2D eigenvalue weighted by Gasteiger charge is 2.36. The van der Waals surface area contributed by atoms with Gasteiger partial charge in [0.05, 0.1) is 0 Å². The molecular formula is C14H14S. The SMILES string of the molecule is CC12C=CC=CC1Cc1ccccc1S2. The van der Waals surface area contributed by atoms with Crippen molar-refractivity contribution in [2.75, 3.05) is 0 Å². The van der Waals surface area contributed by atoms with E-state index in [1.165, 1.54) is 16.9 Å². The average Bonchev–Trinajstić information content (AvgIpc) is 2.25. The normalized spacial score (nSPS) is 32.2. The average molecular weight is 214 g/mol. The molecule has 0 fully saturated rings. The van der Waals surface area contributed by atoms with Crippen LogP contribution in [0.5, 0.6) is 0 Å². The summed E-state index contributed by atoms with van der Waals surface area (Å²) < 4.78 is 0.267. The fourth-order valence-electron chi connectivity index (χ4n) is 2.39. The van der Waals surface area contributed by atoms with Crippen LogP contribution in [-0.2, 0) is 6.42 Å². The van der Waals surface area contributed by atoms with Crippen LogP contribution in [0.15, 0.2) is 53.5 Å². The van der Waals surface area contributed by atoms with E-state index in [4.69, 9.17) is 0 Å². The van der Waals surface area contributed by atoms with Crippen molar-refractivity contribution in [3.05, 3.63) is 54.1 Å². The van der Waals surface area contributed by atoms with E-state index in [1.807, 2.05) is 11.8 Å². The summed E-state index contributed by atoms with van der Waals surface area (Å²) in [5.74, 6) is 0.655. The highest BCUT2D eigenvalue weighted by atomic mass is 32.2. The van der Waals surface area contributed by atoms with Gasteiger partial charge in [0, 0.05) is 9.64 Å². The minimum atomic E-state index is 0.267. The molecule has 0 nitrogen and oxygen atoms in total. The predicted molar refractivity (Wildman–Crippen MR) is 66.2 cm³/mol. The molecule has 3 rings (SSSR count). The number of hydrogen-bond acceptors (Lipinski definition) is 1. The van der Waals surface area contributed by atoms with Gasteiger partial charge in [-0.2, -0.15) is 0 Å². The second-order valence-corrected chi connectivity index (χ2v) is 5.97. The van der Waals surface area contributed by atoms with E-state index < -0.39 is 0 Å². The van der Waals surface area contributed by atoms with Crippen molar-refractivity contribution in [2.45, 2.75) is 23.0 Å². The molecule has 0 saturated carbocycles. The Morgan fingerprint density at radius 1 is 1.27 bits per heavy atom. The van der Waals surface area contributed by atoms with Crippen LogP contribution in [0.1, 0.15) is 12.5 Å². The standard InChI is InChI=1S/C14H14S/c1-14-9-5-4-7-12(14)10-11-6-2-3-8-13(11)15-14/h2-9,12H,10H2,1H3. The molecule has 0 spiro atoms. The Morgan fingerprint density at radius 2 is 2.13 bits per heavy atom. The fourth-order valence-corrected chi connectivity index (χ4v) is 3.75. The lowest BCUT2D eigenvalue weighted by molar-refractivity contribution is 0.530. The minimum absolute atomic E-state index is 0.267. The third kappa shape index (κ3) is 1.46. The Morgan fingerprint density at radius 3 is 3.07 bits per heavy atom. The minimum Gasteiger partial charge on any atom is -0.114 e. The number of thioether (sulfide) groups is 1. The highest BCUT2D eigenvalue weighted by molar-refractivity contribution is 8.01. The van der Waals surface area contributed by atoms with E-state index in [-0.39, 0.29) is 4.75 Å². The second kappa shape index (κ2) is 3.28. The van der Waals surface area contributed by atoms with E-state index in [0.717, 1.165) is 0 Å². The third-order valence-electron chi connectivity index (χ3n) is 3.36. The third-order valence-corrected chi connectivity index (χ3v) is 4.86. The molecule has 0 amide bonds. The van der Waals surface area contributed by atoms with Gasteiger partial charge >= 0.3 is 0 Å². The number of rotatable bonds is 0. The molecule has 1 aromatic carbocycles. The lowest BCUT2D eigenvalue weighted by Crippen LogP contribution is -2.33. The number of hydrogen-bond donors (Lipinski definition) is 0. The van der Waals surface area contributed by atoms with E-state index in [0.29, 0.717) is 5.92 Å². The summed E-state index contributed by atoms with van der Waals surface area (Å²) in [4.78, 5) is 1.45. The van der Waals surface area contributed by atoms with Gasteiger partial charge in [0.1, 0.15) is 0 Å². The molecule has 2 aliphatic rings. The molecule has 0 N–H and O–H groups in total. The molecule has 1 aliphatic carbocycles. The Kier molecular flexibility index (Phi) is 2.03. The maximum absolute atomic E-state index is 2.35. The fraction of sp³-hybridized carbons (Fsp3) is 0.286. The van der Waals surface area contributed by atoms with E-state index in [9.17, 15) is 0 Å². The summed E-state index contributed by atoms with van der Waals surface area (Å²) in [7, 11) is 0. The van der Waals surface area contributed by atoms with Gasteiger partial charge in [-0.15, -0.1) is 11.8 Å². The topological polar surface area (TPSA) is 0 Å². The first kappa shape index (κ1) is 9.29. The second-order valence-electron chi connectivity index (χ2n) is 4.45. The summed E-state index contributed by atoms with van der Waals surface area (Å²) in [6.45, 7) is 2.35. The van der Waals surface area contributed by atoms with E-state index in [2.05, 4.69) is 55.5 Å². The van der Waals surface area contributed by atoms with Crippen LogP contribution in [0, 0.1) is 5.92 Å². The molecule has 15 heavy (non-hydrogen) atoms. The van der Waals surface area contributed by atoms with Gasteiger partial charge in [-0.25, -0.2) is 0 Å². The maximum Gasteiger partial charge on any atom is 0.0426 e. The lowest BCUT2D eigenvalue weighted by Gasteiger charge is -2.39. The summed E-state index contributed by atoms with van der Waals surface area (Å²) >= 11 is 2.01. The molecule has 1 heterocycles. The number of allylic oxidation sites excluding steroid dienone is 3. The lowest BCUT2D eigenvalue weighted by atomic mass is 9.83. The molecule has 76 valence electrons. The zero-order valence-electron chi connectivity index (χ0n) is 8.81. The molecule has 0 saturated heterocycles. The first-order valence-electron chi connectivity index (χ1n) is 5.41. The van der Waals surface area contributed by atoms with Crippen molar-refractivity contribution in [1.82, 2.24) is 0 Å². The van der Waals surface area contributed by atoms with Crippen molar-refractivity contribution < 1.29 is 0 Å². The zero-order chi connectivity index (χ0) is 10.3. The van der Waals surface area contributed by atoms with Gasteiger partial charge in [-0.1, -0.05) is 42.5 Å². The van der Waals surface area contributed by atoms with E-state index in [1.54, 1.807) is 0 Å². The Hall–Kier alpha value is -0.950.